The summed E-state index contributed by atoms with van der Waals surface area (Å²) in [6.45, 7) is 13.7. The lowest BCUT2D eigenvalue weighted by molar-refractivity contribution is -0.167. The first-order valence-electron chi connectivity index (χ1n) is 24.7. The highest BCUT2D eigenvalue weighted by molar-refractivity contribution is 5.71. The summed E-state index contributed by atoms with van der Waals surface area (Å²) >= 11 is 0. The average Bonchev–Trinajstić information content (AvgIpc) is 3.20. The van der Waals surface area contributed by atoms with E-state index >= 15 is 0 Å². The third-order valence-corrected chi connectivity index (χ3v) is 12.2. The maximum absolute atomic E-state index is 12.7. The molecule has 6 heteroatoms. The second kappa shape index (κ2) is 41.6. The molecule has 0 amide bonds. The largest absolute Gasteiger partial charge is 0.462 e. The van der Waals surface area contributed by atoms with Gasteiger partial charge in [0.1, 0.15) is 13.2 Å². The molecule has 4 atom stereocenters. The van der Waals surface area contributed by atoms with Gasteiger partial charge >= 0.3 is 17.9 Å². The van der Waals surface area contributed by atoms with Crippen molar-refractivity contribution in [2.75, 3.05) is 13.2 Å². The zero-order valence-corrected chi connectivity index (χ0v) is 38.4. The number of ether oxygens (including phenoxy) is 3. The van der Waals surface area contributed by atoms with Gasteiger partial charge in [-0.2, -0.15) is 0 Å². The van der Waals surface area contributed by atoms with Crippen LogP contribution in [0.5, 0.6) is 0 Å². The molecule has 0 heterocycles. The number of hydrogen-bond acceptors (Lipinski definition) is 6. The molecule has 332 valence electrons. The first-order chi connectivity index (χ1) is 27.2. The molecule has 0 aromatic heterocycles. The number of unbranched alkanes of at least 4 members (excludes halogenated alkanes) is 23. The first kappa shape index (κ1) is 54.4. The number of carbonyl (C=O) groups excluding carboxylic acids is 3. The van der Waals surface area contributed by atoms with Gasteiger partial charge in [0.15, 0.2) is 6.10 Å². The maximum atomic E-state index is 12.7. The van der Waals surface area contributed by atoms with E-state index < -0.39 is 6.10 Å². The molecule has 0 bridgehead atoms. The second-order valence-electron chi connectivity index (χ2n) is 17.8. The van der Waals surface area contributed by atoms with Crippen LogP contribution >= 0.6 is 0 Å². The normalized spacial score (nSPS) is 13.6. The highest BCUT2D eigenvalue weighted by atomic mass is 16.6. The Labute approximate surface area is 348 Å². The summed E-state index contributed by atoms with van der Waals surface area (Å²) in [7, 11) is 0. The van der Waals surface area contributed by atoms with Crippen LogP contribution in [0.1, 0.15) is 266 Å². The molecule has 0 aliphatic heterocycles. The van der Waals surface area contributed by atoms with E-state index in [1.54, 1.807) is 0 Å². The molecule has 0 aromatic carbocycles. The molecular weight excluding hydrogens is 697 g/mol. The predicted molar refractivity (Wildman–Crippen MR) is 238 cm³/mol. The summed E-state index contributed by atoms with van der Waals surface area (Å²) in [6.07, 6.45) is 39.5. The Bertz CT molecular complexity index is 874. The fourth-order valence-corrected chi connectivity index (χ4v) is 7.31. The van der Waals surface area contributed by atoms with Crippen LogP contribution in [-0.4, -0.2) is 37.2 Å². The van der Waals surface area contributed by atoms with Crippen molar-refractivity contribution < 1.29 is 28.6 Å². The van der Waals surface area contributed by atoms with Crippen LogP contribution in [0.25, 0.3) is 0 Å². The van der Waals surface area contributed by atoms with Gasteiger partial charge in [-0.3, -0.25) is 14.4 Å². The molecule has 0 fully saturated rings. The Kier molecular flexibility index (Phi) is 40.4. The standard InChI is InChI=1S/C50H96O6/c1-7-44(4)36-30-24-18-16-14-12-10-11-13-15-17-19-27-33-39-48(51)54-42-47(56-50(53)41-35-29-23-21-26-32-38-46(6)9-3)43-55-49(52)40-34-28-22-20-25-31-37-45(5)8-2/h44-47H,7-43H2,1-6H3/t44?,45?,46?,47-/m0/s1. The van der Waals surface area contributed by atoms with Gasteiger partial charge in [0.05, 0.1) is 0 Å². The van der Waals surface area contributed by atoms with Gasteiger partial charge in [-0.15, -0.1) is 0 Å². The number of esters is 3. The third-order valence-electron chi connectivity index (χ3n) is 12.2. The van der Waals surface area contributed by atoms with Gasteiger partial charge in [0, 0.05) is 19.3 Å². The lowest BCUT2D eigenvalue weighted by Crippen LogP contribution is -2.30. The molecule has 0 saturated heterocycles. The van der Waals surface area contributed by atoms with E-state index in [0.29, 0.717) is 19.3 Å². The van der Waals surface area contributed by atoms with E-state index in [4.69, 9.17) is 14.2 Å². The van der Waals surface area contributed by atoms with E-state index in [1.807, 2.05) is 0 Å². The van der Waals surface area contributed by atoms with Crippen molar-refractivity contribution in [2.24, 2.45) is 17.8 Å². The van der Waals surface area contributed by atoms with Gasteiger partial charge in [-0.05, 0) is 37.0 Å². The molecule has 0 aromatic rings. The lowest BCUT2D eigenvalue weighted by Gasteiger charge is -2.18. The van der Waals surface area contributed by atoms with E-state index in [1.165, 1.54) is 148 Å². The Morgan fingerprint density at radius 2 is 0.571 bits per heavy atom. The van der Waals surface area contributed by atoms with E-state index in [2.05, 4.69) is 41.5 Å². The molecule has 0 aliphatic carbocycles. The molecule has 0 saturated carbocycles. The summed E-state index contributed by atoms with van der Waals surface area (Å²) in [5, 5.41) is 0. The monoisotopic (exact) mass is 793 g/mol. The number of hydrogen-bond donors (Lipinski definition) is 0. The Hall–Kier alpha value is -1.59. The van der Waals surface area contributed by atoms with Crippen molar-refractivity contribution in [1.29, 1.82) is 0 Å². The van der Waals surface area contributed by atoms with Crippen LogP contribution in [0.15, 0.2) is 0 Å². The Morgan fingerprint density at radius 1 is 0.339 bits per heavy atom. The van der Waals surface area contributed by atoms with Crippen molar-refractivity contribution in [1.82, 2.24) is 0 Å². The third kappa shape index (κ3) is 39.2. The summed E-state index contributed by atoms with van der Waals surface area (Å²) in [6, 6.07) is 0. The van der Waals surface area contributed by atoms with E-state index in [0.717, 1.165) is 75.5 Å². The lowest BCUT2D eigenvalue weighted by atomic mass is 9.99. The minimum absolute atomic E-state index is 0.0665. The van der Waals surface area contributed by atoms with Crippen molar-refractivity contribution in [3.63, 3.8) is 0 Å². The molecular formula is C50H96O6. The molecule has 0 N–H and O–H groups in total. The molecule has 56 heavy (non-hydrogen) atoms. The molecule has 3 unspecified atom stereocenters. The van der Waals surface area contributed by atoms with E-state index in [9.17, 15) is 14.4 Å². The average molecular weight is 793 g/mol. The topological polar surface area (TPSA) is 78.9 Å². The molecule has 0 radical (unpaired) electrons. The highest BCUT2D eigenvalue weighted by Crippen LogP contribution is 2.18. The van der Waals surface area contributed by atoms with Crippen LogP contribution in [0, 0.1) is 17.8 Å². The fourth-order valence-electron chi connectivity index (χ4n) is 7.31. The summed E-state index contributed by atoms with van der Waals surface area (Å²) in [5.41, 5.74) is 0. The van der Waals surface area contributed by atoms with Crippen LogP contribution in [0.3, 0.4) is 0 Å². The summed E-state index contributed by atoms with van der Waals surface area (Å²) in [4.78, 5) is 37.8. The van der Waals surface area contributed by atoms with Gasteiger partial charge < -0.3 is 14.2 Å². The van der Waals surface area contributed by atoms with Crippen LogP contribution in [0.4, 0.5) is 0 Å². The maximum Gasteiger partial charge on any atom is 0.306 e. The quantitative estimate of drug-likeness (QED) is 0.0348. The summed E-state index contributed by atoms with van der Waals surface area (Å²) < 4.78 is 16.7. The molecule has 0 aliphatic rings. The number of carbonyl (C=O) groups is 3. The Balaban J connectivity index is 4.26. The van der Waals surface area contributed by atoms with Crippen molar-refractivity contribution >= 4 is 17.9 Å². The van der Waals surface area contributed by atoms with Crippen LogP contribution in [0.2, 0.25) is 0 Å². The van der Waals surface area contributed by atoms with Gasteiger partial charge in [0.25, 0.3) is 0 Å². The second-order valence-corrected chi connectivity index (χ2v) is 17.8. The smallest absolute Gasteiger partial charge is 0.306 e. The van der Waals surface area contributed by atoms with Crippen LogP contribution in [-0.2, 0) is 28.6 Å². The zero-order chi connectivity index (χ0) is 41.3. The fraction of sp³-hybridized carbons (Fsp3) is 0.940. The summed E-state index contributed by atoms with van der Waals surface area (Å²) in [5.74, 6) is 1.66. The van der Waals surface area contributed by atoms with Crippen molar-refractivity contribution in [3.05, 3.63) is 0 Å². The predicted octanol–water partition coefficient (Wildman–Crippen LogP) is 15.6. The molecule has 6 nitrogen and oxygen atoms in total. The van der Waals surface area contributed by atoms with Crippen molar-refractivity contribution in [3.8, 4) is 0 Å². The minimum Gasteiger partial charge on any atom is -0.462 e. The first-order valence-corrected chi connectivity index (χ1v) is 24.7. The number of rotatable bonds is 43. The SMILES string of the molecule is CCC(C)CCCCCCCCCCCCCCCCC(=O)OC[C@@H](COC(=O)CCCCCCCCC(C)CC)OC(=O)CCCCCCCCC(C)CC. The van der Waals surface area contributed by atoms with Crippen molar-refractivity contribution in [2.45, 2.75) is 272 Å². The minimum atomic E-state index is -0.763. The highest BCUT2D eigenvalue weighted by Gasteiger charge is 2.19. The molecule has 0 spiro atoms. The Morgan fingerprint density at radius 3 is 0.839 bits per heavy atom. The van der Waals surface area contributed by atoms with Crippen LogP contribution < -0.4 is 0 Å². The zero-order valence-electron chi connectivity index (χ0n) is 38.4. The molecule has 0 rings (SSSR count). The van der Waals surface area contributed by atoms with Gasteiger partial charge in [0.2, 0.25) is 0 Å². The van der Waals surface area contributed by atoms with E-state index in [-0.39, 0.29) is 31.1 Å². The van der Waals surface area contributed by atoms with Gasteiger partial charge in [-0.1, -0.05) is 228 Å². The van der Waals surface area contributed by atoms with Gasteiger partial charge in [-0.25, -0.2) is 0 Å².